The summed E-state index contributed by atoms with van der Waals surface area (Å²) in [6.45, 7) is 6.33. The van der Waals surface area contributed by atoms with Crippen LogP contribution in [0.25, 0.3) is 6.08 Å². The molecule has 3 aromatic rings. The average molecular weight is 449 g/mol. The minimum atomic E-state index is -0.589. The lowest BCUT2D eigenvalue weighted by atomic mass is 9.96. The Balaban J connectivity index is 1.87. The van der Waals surface area contributed by atoms with Crippen molar-refractivity contribution in [2.45, 2.75) is 26.8 Å². The molecule has 0 N–H and O–H groups in total. The first-order valence-electron chi connectivity index (χ1n) is 10.5. The number of benzene rings is 2. The highest BCUT2D eigenvalue weighted by atomic mass is 32.1. The second-order valence-corrected chi connectivity index (χ2v) is 8.22. The van der Waals surface area contributed by atoms with Gasteiger partial charge in [0.1, 0.15) is 5.75 Å². The molecule has 6 nitrogen and oxygen atoms in total. The van der Waals surface area contributed by atoms with E-state index in [1.54, 1.807) is 18.4 Å². The van der Waals surface area contributed by atoms with Gasteiger partial charge < -0.3 is 9.47 Å². The van der Waals surface area contributed by atoms with Crippen LogP contribution in [0.1, 0.15) is 37.9 Å². The standard InChI is InChI=1S/C25H24N2O4S/c1-4-30-19-13-11-17(12-14-19)15-20-23(28)27-22(18-9-7-6-8-10-18)21(24(29)31-5-2)16(3)26-25(27)32-20/h6-15,22H,4-5H2,1-3H3. The lowest BCUT2D eigenvalue weighted by Crippen LogP contribution is -2.39. The van der Waals surface area contributed by atoms with Crippen molar-refractivity contribution in [1.82, 2.24) is 4.57 Å². The number of thiazole rings is 1. The van der Waals surface area contributed by atoms with Gasteiger partial charge in [-0.2, -0.15) is 0 Å². The fourth-order valence-corrected chi connectivity index (χ4v) is 4.77. The largest absolute Gasteiger partial charge is 0.494 e. The third kappa shape index (κ3) is 4.16. The average Bonchev–Trinajstić information content (AvgIpc) is 3.09. The van der Waals surface area contributed by atoms with Crippen molar-refractivity contribution in [3.63, 3.8) is 0 Å². The second kappa shape index (κ2) is 9.36. The molecule has 0 radical (unpaired) electrons. The van der Waals surface area contributed by atoms with E-state index < -0.39 is 12.0 Å². The zero-order valence-corrected chi connectivity index (χ0v) is 19.0. The fourth-order valence-electron chi connectivity index (χ4n) is 3.72. The Morgan fingerprint density at radius 1 is 1.09 bits per heavy atom. The predicted molar refractivity (Wildman–Crippen MR) is 124 cm³/mol. The highest BCUT2D eigenvalue weighted by Gasteiger charge is 2.33. The molecule has 32 heavy (non-hydrogen) atoms. The van der Waals surface area contributed by atoms with Crippen LogP contribution in [0.2, 0.25) is 0 Å². The molecule has 0 spiro atoms. The molecule has 164 valence electrons. The van der Waals surface area contributed by atoms with Crippen LogP contribution < -0.4 is 19.6 Å². The minimum Gasteiger partial charge on any atom is -0.494 e. The number of carbonyl (C=O) groups excluding carboxylic acids is 1. The summed E-state index contributed by atoms with van der Waals surface area (Å²) in [5.74, 6) is 0.327. The molecule has 1 aliphatic heterocycles. The van der Waals surface area contributed by atoms with E-state index in [1.807, 2.05) is 67.6 Å². The maximum atomic E-state index is 13.5. The van der Waals surface area contributed by atoms with Gasteiger partial charge in [0.25, 0.3) is 5.56 Å². The number of carbonyl (C=O) groups is 1. The molecule has 1 unspecified atom stereocenters. The van der Waals surface area contributed by atoms with Gasteiger partial charge >= 0.3 is 5.97 Å². The third-order valence-corrected chi connectivity index (χ3v) is 6.10. The summed E-state index contributed by atoms with van der Waals surface area (Å²) in [5, 5.41) is 0. The smallest absolute Gasteiger partial charge is 0.338 e. The molecule has 0 aliphatic carbocycles. The van der Waals surface area contributed by atoms with E-state index in [-0.39, 0.29) is 12.2 Å². The Labute approximate surface area is 189 Å². The number of fused-ring (bicyclic) bond motifs is 1. The number of aromatic nitrogens is 1. The van der Waals surface area contributed by atoms with Gasteiger partial charge in [-0.3, -0.25) is 9.36 Å². The molecule has 0 bridgehead atoms. The van der Waals surface area contributed by atoms with Gasteiger partial charge in [0.2, 0.25) is 0 Å². The van der Waals surface area contributed by atoms with Crippen LogP contribution in [0.5, 0.6) is 5.75 Å². The topological polar surface area (TPSA) is 69.9 Å². The third-order valence-electron chi connectivity index (χ3n) is 5.12. The molecule has 2 heterocycles. The molecule has 2 aromatic carbocycles. The van der Waals surface area contributed by atoms with Crippen molar-refractivity contribution in [2.24, 2.45) is 4.99 Å². The molecule has 0 saturated heterocycles. The van der Waals surface area contributed by atoms with Gasteiger partial charge in [-0.1, -0.05) is 53.8 Å². The number of allylic oxidation sites excluding steroid dienone is 1. The minimum absolute atomic E-state index is 0.189. The maximum Gasteiger partial charge on any atom is 0.338 e. The van der Waals surface area contributed by atoms with E-state index in [9.17, 15) is 9.59 Å². The van der Waals surface area contributed by atoms with E-state index in [2.05, 4.69) is 4.99 Å². The van der Waals surface area contributed by atoms with Crippen molar-refractivity contribution in [3.05, 3.63) is 96.7 Å². The van der Waals surface area contributed by atoms with Crippen LogP contribution in [0, 0.1) is 0 Å². The molecule has 1 aliphatic rings. The summed E-state index contributed by atoms with van der Waals surface area (Å²) in [6, 6.07) is 16.5. The zero-order valence-electron chi connectivity index (χ0n) is 18.2. The second-order valence-electron chi connectivity index (χ2n) is 7.22. The van der Waals surface area contributed by atoms with Crippen LogP contribution in [-0.4, -0.2) is 23.8 Å². The first kappa shape index (κ1) is 21.8. The van der Waals surface area contributed by atoms with Crippen LogP contribution in [0.4, 0.5) is 0 Å². The van der Waals surface area contributed by atoms with Gasteiger partial charge in [-0.25, -0.2) is 9.79 Å². The summed E-state index contributed by atoms with van der Waals surface area (Å²) < 4.78 is 12.9. The lowest BCUT2D eigenvalue weighted by Gasteiger charge is -2.24. The zero-order chi connectivity index (χ0) is 22.7. The fraction of sp³-hybridized carbons (Fsp3) is 0.240. The summed E-state index contributed by atoms with van der Waals surface area (Å²) in [5.41, 5.74) is 2.48. The van der Waals surface area contributed by atoms with Gasteiger partial charge in [0.15, 0.2) is 4.80 Å². The van der Waals surface area contributed by atoms with Crippen LogP contribution in [0.3, 0.4) is 0 Å². The number of nitrogens with zero attached hydrogens (tertiary/aromatic N) is 2. The summed E-state index contributed by atoms with van der Waals surface area (Å²) >= 11 is 1.31. The number of ether oxygens (including phenoxy) is 2. The highest BCUT2D eigenvalue weighted by Crippen LogP contribution is 2.30. The molecule has 0 fully saturated rings. The van der Waals surface area contributed by atoms with E-state index in [0.717, 1.165) is 16.9 Å². The molecule has 7 heteroatoms. The van der Waals surface area contributed by atoms with Crippen molar-refractivity contribution < 1.29 is 14.3 Å². The van der Waals surface area contributed by atoms with Crippen LogP contribution >= 0.6 is 11.3 Å². The van der Waals surface area contributed by atoms with Crippen molar-refractivity contribution in [2.75, 3.05) is 13.2 Å². The lowest BCUT2D eigenvalue weighted by molar-refractivity contribution is -0.139. The molecular formula is C25H24N2O4S. The van der Waals surface area contributed by atoms with Crippen molar-refractivity contribution in [1.29, 1.82) is 0 Å². The Kier molecular flexibility index (Phi) is 6.37. The summed E-state index contributed by atoms with van der Waals surface area (Å²) in [4.78, 5) is 31.5. The number of hydrogen-bond acceptors (Lipinski definition) is 6. The van der Waals surface area contributed by atoms with Gasteiger partial charge in [-0.15, -0.1) is 0 Å². The summed E-state index contributed by atoms with van der Waals surface area (Å²) in [7, 11) is 0. The van der Waals surface area contributed by atoms with Gasteiger partial charge in [-0.05, 0) is 50.1 Å². The molecular weight excluding hydrogens is 424 g/mol. The van der Waals surface area contributed by atoms with Crippen molar-refractivity contribution in [3.8, 4) is 5.75 Å². The quantitative estimate of drug-likeness (QED) is 0.543. The number of esters is 1. The molecule has 1 atom stereocenters. The Bertz CT molecular complexity index is 1340. The molecule has 4 rings (SSSR count). The van der Waals surface area contributed by atoms with E-state index >= 15 is 0 Å². The van der Waals surface area contributed by atoms with Crippen molar-refractivity contribution >= 4 is 23.4 Å². The first-order valence-corrected chi connectivity index (χ1v) is 11.3. The normalized spacial score (nSPS) is 15.8. The molecule has 1 aromatic heterocycles. The van der Waals surface area contributed by atoms with Gasteiger partial charge in [0.05, 0.1) is 35.1 Å². The predicted octanol–water partition coefficient (Wildman–Crippen LogP) is 3.20. The molecule has 0 saturated carbocycles. The van der Waals surface area contributed by atoms with Gasteiger partial charge in [0, 0.05) is 0 Å². The molecule has 0 amide bonds. The Morgan fingerprint density at radius 3 is 2.47 bits per heavy atom. The van der Waals surface area contributed by atoms with E-state index in [4.69, 9.17) is 9.47 Å². The number of hydrogen-bond donors (Lipinski definition) is 0. The number of rotatable bonds is 6. The highest BCUT2D eigenvalue weighted by molar-refractivity contribution is 7.07. The summed E-state index contributed by atoms with van der Waals surface area (Å²) in [6.07, 6.45) is 1.84. The van der Waals surface area contributed by atoms with E-state index in [1.165, 1.54) is 11.3 Å². The van der Waals surface area contributed by atoms with E-state index in [0.29, 0.717) is 27.2 Å². The Morgan fingerprint density at radius 2 is 1.81 bits per heavy atom. The Hall–Kier alpha value is -3.45. The first-order chi connectivity index (χ1) is 15.5. The van der Waals surface area contributed by atoms with Crippen LogP contribution in [0.15, 0.2) is 75.7 Å². The maximum absolute atomic E-state index is 13.5. The monoisotopic (exact) mass is 448 g/mol. The SMILES string of the molecule is CCOC(=O)C1=C(C)N=c2sc(=Cc3ccc(OCC)cc3)c(=O)n2C1c1ccccc1. The van der Waals surface area contributed by atoms with Crippen LogP contribution in [-0.2, 0) is 9.53 Å².